The van der Waals surface area contributed by atoms with Crippen LogP contribution in [0.4, 0.5) is 0 Å². The highest BCUT2D eigenvalue weighted by molar-refractivity contribution is 5.79. The van der Waals surface area contributed by atoms with Crippen LogP contribution in [0.1, 0.15) is 18.4 Å². The summed E-state index contributed by atoms with van der Waals surface area (Å²) >= 11 is 0. The molecular formula is C18H26N2O4. The topological polar surface area (TPSA) is 71.0 Å². The van der Waals surface area contributed by atoms with Gasteiger partial charge in [-0.1, -0.05) is 18.2 Å². The number of carbonyl (C=O) groups is 1. The first kappa shape index (κ1) is 17.2. The van der Waals surface area contributed by atoms with Crippen molar-refractivity contribution in [1.82, 2.24) is 10.2 Å². The summed E-state index contributed by atoms with van der Waals surface area (Å²) in [4.78, 5) is 14.7. The number of fused-ring (bicyclic) bond motifs is 1. The molecule has 0 aliphatic carbocycles. The average molecular weight is 334 g/mol. The smallest absolute Gasteiger partial charge is 0.224 e. The van der Waals surface area contributed by atoms with E-state index in [9.17, 15) is 4.79 Å². The van der Waals surface area contributed by atoms with E-state index in [-0.39, 0.29) is 24.7 Å². The first-order valence-corrected chi connectivity index (χ1v) is 8.57. The molecule has 0 radical (unpaired) electrons. The summed E-state index contributed by atoms with van der Waals surface area (Å²) in [6.45, 7) is 2.53. The number of amides is 1. The Morgan fingerprint density at radius 2 is 2.25 bits per heavy atom. The molecule has 2 N–H and O–H groups in total. The molecule has 6 nitrogen and oxygen atoms in total. The molecule has 24 heavy (non-hydrogen) atoms. The van der Waals surface area contributed by atoms with Crippen molar-refractivity contribution in [3.8, 4) is 5.75 Å². The Morgan fingerprint density at radius 1 is 1.42 bits per heavy atom. The molecule has 0 bridgehead atoms. The molecule has 1 aromatic rings. The average Bonchev–Trinajstić information content (AvgIpc) is 2.97. The molecule has 6 heteroatoms. The lowest BCUT2D eigenvalue weighted by atomic mass is 10.1. The monoisotopic (exact) mass is 334 g/mol. The number of aliphatic hydroxyl groups excluding tert-OH is 1. The Kier molecular flexibility index (Phi) is 5.71. The Morgan fingerprint density at radius 3 is 3.04 bits per heavy atom. The second kappa shape index (κ2) is 7.96. The van der Waals surface area contributed by atoms with Crippen LogP contribution in [0.2, 0.25) is 0 Å². The largest absolute Gasteiger partial charge is 0.496 e. The van der Waals surface area contributed by atoms with E-state index in [1.807, 2.05) is 24.3 Å². The second-order valence-electron chi connectivity index (χ2n) is 6.56. The van der Waals surface area contributed by atoms with Gasteiger partial charge in [-0.3, -0.25) is 9.69 Å². The Bertz CT molecular complexity index is 566. The Balaban J connectivity index is 1.51. The van der Waals surface area contributed by atoms with Crippen LogP contribution in [-0.2, 0) is 16.0 Å². The standard InChI is InChI=1S/C18H26N2O4/c1-23-17-5-3-2-4-13(17)8-18(22)19-14-9-15-12-24-16(6-7-21)11-20(15)10-14/h2-5,14-16,21H,6-12H2,1H3,(H,19,22)/t14-,15+,16+/m1/s1. The van der Waals surface area contributed by atoms with Gasteiger partial charge >= 0.3 is 0 Å². The highest BCUT2D eigenvalue weighted by Gasteiger charge is 2.37. The van der Waals surface area contributed by atoms with Gasteiger partial charge in [-0.2, -0.15) is 0 Å². The summed E-state index contributed by atoms with van der Waals surface area (Å²) in [7, 11) is 1.62. The van der Waals surface area contributed by atoms with E-state index in [0.29, 0.717) is 25.5 Å². The van der Waals surface area contributed by atoms with Crippen molar-refractivity contribution in [3.05, 3.63) is 29.8 Å². The normalized spacial score (nSPS) is 26.8. The number of benzene rings is 1. The molecule has 0 unspecified atom stereocenters. The molecule has 3 atom stereocenters. The van der Waals surface area contributed by atoms with Crippen LogP contribution in [0, 0.1) is 0 Å². The zero-order chi connectivity index (χ0) is 16.9. The van der Waals surface area contributed by atoms with E-state index in [4.69, 9.17) is 14.6 Å². The number of hydrogen-bond donors (Lipinski definition) is 2. The number of methoxy groups -OCH3 is 1. The minimum atomic E-state index is 0.0252. The first-order valence-electron chi connectivity index (χ1n) is 8.57. The van der Waals surface area contributed by atoms with Crippen LogP contribution >= 0.6 is 0 Å². The SMILES string of the molecule is COc1ccccc1CC(=O)N[C@@H]1C[C@H]2CO[C@@H](CCO)CN2C1. The number of morpholine rings is 1. The zero-order valence-electron chi connectivity index (χ0n) is 14.1. The molecule has 132 valence electrons. The van der Waals surface area contributed by atoms with Crippen molar-refractivity contribution < 1.29 is 19.4 Å². The van der Waals surface area contributed by atoms with E-state index in [2.05, 4.69) is 10.2 Å². The quantitative estimate of drug-likeness (QED) is 0.796. The van der Waals surface area contributed by atoms with Crippen LogP contribution in [-0.4, -0.2) is 67.5 Å². The molecule has 2 aliphatic rings. The van der Waals surface area contributed by atoms with Gasteiger partial charge in [-0.05, 0) is 18.9 Å². The molecule has 0 spiro atoms. The number of nitrogens with one attached hydrogen (secondary N) is 1. The van der Waals surface area contributed by atoms with Crippen LogP contribution in [0.3, 0.4) is 0 Å². The minimum Gasteiger partial charge on any atom is -0.496 e. The third-order valence-corrected chi connectivity index (χ3v) is 4.85. The van der Waals surface area contributed by atoms with Crippen LogP contribution in [0.5, 0.6) is 5.75 Å². The van der Waals surface area contributed by atoms with E-state index in [1.54, 1.807) is 7.11 Å². The van der Waals surface area contributed by atoms with Gasteiger partial charge in [0.05, 0.1) is 26.2 Å². The summed E-state index contributed by atoms with van der Waals surface area (Å²) in [6.07, 6.45) is 2.03. The van der Waals surface area contributed by atoms with Gasteiger partial charge in [-0.15, -0.1) is 0 Å². The lowest BCUT2D eigenvalue weighted by molar-refractivity contribution is -0.121. The summed E-state index contributed by atoms with van der Waals surface area (Å²) < 4.78 is 11.1. The van der Waals surface area contributed by atoms with E-state index >= 15 is 0 Å². The first-order chi connectivity index (χ1) is 11.7. The lowest BCUT2D eigenvalue weighted by Gasteiger charge is -2.34. The molecule has 2 fully saturated rings. The molecule has 2 heterocycles. The number of hydrogen-bond acceptors (Lipinski definition) is 5. The molecule has 0 aromatic heterocycles. The summed E-state index contributed by atoms with van der Waals surface area (Å²) in [5, 5.41) is 12.2. The fourth-order valence-electron chi connectivity index (χ4n) is 3.67. The third kappa shape index (κ3) is 4.06. The van der Waals surface area contributed by atoms with Crippen molar-refractivity contribution in [1.29, 1.82) is 0 Å². The minimum absolute atomic E-state index is 0.0252. The summed E-state index contributed by atoms with van der Waals surface area (Å²) in [5.41, 5.74) is 0.902. The van der Waals surface area contributed by atoms with Gasteiger partial charge in [0.1, 0.15) is 5.75 Å². The van der Waals surface area contributed by atoms with Crippen LogP contribution in [0.25, 0.3) is 0 Å². The fourth-order valence-corrected chi connectivity index (χ4v) is 3.67. The Hall–Kier alpha value is -1.63. The van der Waals surface area contributed by atoms with Crippen LogP contribution in [0.15, 0.2) is 24.3 Å². The van der Waals surface area contributed by atoms with Gasteiger partial charge in [-0.25, -0.2) is 0 Å². The number of aliphatic hydroxyl groups is 1. The fraction of sp³-hybridized carbons (Fsp3) is 0.611. The van der Waals surface area contributed by atoms with Gasteiger partial charge in [0.15, 0.2) is 0 Å². The number of para-hydroxylation sites is 1. The third-order valence-electron chi connectivity index (χ3n) is 4.85. The molecule has 1 amide bonds. The predicted molar refractivity (Wildman–Crippen MR) is 90.0 cm³/mol. The molecule has 2 aliphatic heterocycles. The maximum Gasteiger partial charge on any atom is 0.224 e. The van der Waals surface area contributed by atoms with Gasteiger partial charge in [0.25, 0.3) is 0 Å². The number of nitrogens with zero attached hydrogens (tertiary/aromatic N) is 1. The maximum absolute atomic E-state index is 12.4. The summed E-state index contributed by atoms with van der Waals surface area (Å²) in [5.74, 6) is 0.772. The number of carbonyl (C=O) groups excluding carboxylic acids is 1. The second-order valence-corrected chi connectivity index (χ2v) is 6.56. The predicted octanol–water partition coefficient (Wildman–Crippen LogP) is 0.578. The molecule has 1 aromatic carbocycles. The van der Waals surface area contributed by atoms with Gasteiger partial charge < -0.3 is 19.9 Å². The van der Waals surface area contributed by atoms with Gasteiger partial charge in [0.2, 0.25) is 5.91 Å². The van der Waals surface area contributed by atoms with Crippen molar-refractivity contribution in [2.45, 2.75) is 37.5 Å². The van der Waals surface area contributed by atoms with Crippen molar-refractivity contribution >= 4 is 5.91 Å². The van der Waals surface area contributed by atoms with Gasteiger partial charge in [0, 0.05) is 37.3 Å². The van der Waals surface area contributed by atoms with Crippen molar-refractivity contribution in [2.75, 3.05) is 33.4 Å². The maximum atomic E-state index is 12.4. The van der Waals surface area contributed by atoms with Crippen molar-refractivity contribution in [3.63, 3.8) is 0 Å². The summed E-state index contributed by atoms with van der Waals surface area (Å²) in [6, 6.07) is 8.14. The lowest BCUT2D eigenvalue weighted by Crippen LogP contribution is -2.46. The van der Waals surface area contributed by atoms with Crippen LogP contribution < -0.4 is 10.1 Å². The highest BCUT2D eigenvalue weighted by Crippen LogP contribution is 2.24. The zero-order valence-corrected chi connectivity index (χ0v) is 14.1. The Labute approximate surface area is 142 Å². The molecule has 3 rings (SSSR count). The molecule has 0 saturated carbocycles. The molecule has 2 saturated heterocycles. The highest BCUT2D eigenvalue weighted by atomic mass is 16.5. The van der Waals surface area contributed by atoms with E-state index in [0.717, 1.165) is 30.8 Å². The van der Waals surface area contributed by atoms with E-state index < -0.39 is 0 Å². The molecular weight excluding hydrogens is 308 g/mol. The van der Waals surface area contributed by atoms with Crippen molar-refractivity contribution in [2.24, 2.45) is 0 Å². The number of rotatable bonds is 6. The number of ether oxygens (including phenoxy) is 2. The van der Waals surface area contributed by atoms with E-state index in [1.165, 1.54) is 0 Å².